The predicted molar refractivity (Wildman–Crippen MR) is 81.6 cm³/mol. The minimum absolute atomic E-state index is 0.567. The van der Waals surface area contributed by atoms with Gasteiger partial charge < -0.3 is 9.47 Å². The van der Waals surface area contributed by atoms with Crippen molar-refractivity contribution in [3.63, 3.8) is 0 Å². The molecular formula is C16H14N4O2. The number of rotatable bonds is 4. The van der Waals surface area contributed by atoms with Crippen LogP contribution in [0.4, 0.5) is 0 Å². The van der Waals surface area contributed by atoms with Crippen molar-refractivity contribution in [1.82, 2.24) is 19.9 Å². The molecule has 0 saturated carbocycles. The lowest BCUT2D eigenvalue weighted by Gasteiger charge is -2.05. The number of methoxy groups -OCH3 is 2. The summed E-state index contributed by atoms with van der Waals surface area (Å²) in [6, 6.07) is 9.31. The second-order valence-electron chi connectivity index (χ2n) is 4.47. The molecule has 3 rings (SSSR count). The van der Waals surface area contributed by atoms with Gasteiger partial charge in [0.1, 0.15) is 6.33 Å². The first-order chi connectivity index (χ1) is 10.8. The average molecular weight is 294 g/mol. The zero-order chi connectivity index (χ0) is 15.4. The van der Waals surface area contributed by atoms with E-state index < -0.39 is 0 Å². The van der Waals surface area contributed by atoms with Crippen LogP contribution in [0.5, 0.6) is 11.8 Å². The van der Waals surface area contributed by atoms with Gasteiger partial charge in [-0.1, -0.05) is 0 Å². The van der Waals surface area contributed by atoms with Crippen LogP contribution >= 0.6 is 0 Å². The monoisotopic (exact) mass is 294 g/mol. The highest BCUT2D eigenvalue weighted by Gasteiger charge is 2.06. The molecule has 0 aliphatic carbocycles. The predicted octanol–water partition coefficient (Wildman–Crippen LogP) is 2.62. The molecule has 6 nitrogen and oxygen atoms in total. The lowest BCUT2D eigenvalue weighted by atomic mass is 10.1. The SMILES string of the molecule is COc1ccc(-c2cc(-c3ccc(OC)nc3)ncn2)cn1. The van der Waals surface area contributed by atoms with Gasteiger partial charge in [0, 0.05) is 35.7 Å². The standard InChI is InChI=1S/C16H14N4O2/c1-21-15-5-3-11(8-17-15)13-7-14(20-10-19-13)12-4-6-16(22-2)18-9-12/h3-10H,1-2H3. The van der Waals surface area contributed by atoms with E-state index in [4.69, 9.17) is 9.47 Å². The highest BCUT2D eigenvalue weighted by molar-refractivity contribution is 5.66. The van der Waals surface area contributed by atoms with E-state index in [1.807, 2.05) is 18.2 Å². The molecule has 0 aromatic carbocycles. The van der Waals surface area contributed by atoms with E-state index in [-0.39, 0.29) is 0 Å². The van der Waals surface area contributed by atoms with Crippen molar-refractivity contribution in [3.8, 4) is 34.3 Å². The summed E-state index contributed by atoms with van der Waals surface area (Å²) in [7, 11) is 3.17. The van der Waals surface area contributed by atoms with Crippen LogP contribution in [0.15, 0.2) is 49.1 Å². The summed E-state index contributed by atoms with van der Waals surface area (Å²) in [4.78, 5) is 16.9. The molecule has 0 spiro atoms. The summed E-state index contributed by atoms with van der Waals surface area (Å²) >= 11 is 0. The highest BCUT2D eigenvalue weighted by atomic mass is 16.5. The Morgan fingerprint density at radius 1 is 0.682 bits per heavy atom. The lowest BCUT2D eigenvalue weighted by molar-refractivity contribution is 0.398. The summed E-state index contributed by atoms with van der Waals surface area (Å²) in [5.41, 5.74) is 3.36. The van der Waals surface area contributed by atoms with Crippen LogP contribution in [0.1, 0.15) is 0 Å². The van der Waals surface area contributed by atoms with Crippen LogP contribution in [-0.4, -0.2) is 34.2 Å². The summed E-state index contributed by atoms with van der Waals surface area (Å²) in [6.07, 6.45) is 4.97. The second kappa shape index (κ2) is 6.17. The van der Waals surface area contributed by atoms with Crippen molar-refractivity contribution in [1.29, 1.82) is 0 Å². The third-order valence-electron chi connectivity index (χ3n) is 3.15. The van der Waals surface area contributed by atoms with Gasteiger partial charge in [0.25, 0.3) is 0 Å². The molecule has 3 aromatic rings. The highest BCUT2D eigenvalue weighted by Crippen LogP contribution is 2.23. The molecule has 3 aromatic heterocycles. The minimum atomic E-state index is 0.567. The van der Waals surface area contributed by atoms with E-state index in [9.17, 15) is 0 Å². The van der Waals surface area contributed by atoms with E-state index in [2.05, 4.69) is 19.9 Å². The first kappa shape index (κ1) is 13.9. The fraction of sp³-hybridized carbons (Fsp3) is 0.125. The second-order valence-corrected chi connectivity index (χ2v) is 4.47. The van der Waals surface area contributed by atoms with Crippen molar-refractivity contribution in [2.75, 3.05) is 14.2 Å². The molecule has 0 bridgehead atoms. The third kappa shape index (κ3) is 2.85. The van der Waals surface area contributed by atoms with Gasteiger partial charge >= 0.3 is 0 Å². The molecule has 3 heterocycles. The summed E-state index contributed by atoms with van der Waals surface area (Å²) in [5.74, 6) is 1.13. The third-order valence-corrected chi connectivity index (χ3v) is 3.15. The molecule has 22 heavy (non-hydrogen) atoms. The maximum Gasteiger partial charge on any atom is 0.212 e. The maximum absolute atomic E-state index is 5.06. The quantitative estimate of drug-likeness (QED) is 0.736. The van der Waals surface area contributed by atoms with Crippen molar-refractivity contribution < 1.29 is 9.47 Å². The number of ether oxygens (including phenoxy) is 2. The largest absolute Gasteiger partial charge is 0.481 e. The van der Waals surface area contributed by atoms with Gasteiger partial charge in [-0.3, -0.25) is 0 Å². The number of nitrogens with zero attached hydrogens (tertiary/aromatic N) is 4. The Labute approximate surface area is 127 Å². The van der Waals surface area contributed by atoms with Gasteiger partial charge in [-0.25, -0.2) is 19.9 Å². The summed E-state index contributed by atoms with van der Waals surface area (Å²) in [5, 5.41) is 0. The van der Waals surface area contributed by atoms with E-state index in [1.165, 1.54) is 6.33 Å². The molecule has 6 heteroatoms. The van der Waals surface area contributed by atoms with Crippen LogP contribution in [-0.2, 0) is 0 Å². The van der Waals surface area contributed by atoms with E-state index in [0.29, 0.717) is 11.8 Å². The minimum Gasteiger partial charge on any atom is -0.481 e. The number of aromatic nitrogens is 4. The lowest BCUT2D eigenvalue weighted by Crippen LogP contribution is -1.92. The van der Waals surface area contributed by atoms with Crippen LogP contribution < -0.4 is 9.47 Å². The Bertz CT molecular complexity index is 695. The van der Waals surface area contributed by atoms with Gasteiger partial charge in [-0.2, -0.15) is 0 Å². The normalized spacial score (nSPS) is 10.3. The van der Waals surface area contributed by atoms with Crippen molar-refractivity contribution in [3.05, 3.63) is 49.1 Å². The van der Waals surface area contributed by atoms with E-state index >= 15 is 0 Å². The van der Waals surface area contributed by atoms with Crippen molar-refractivity contribution in [2.45, 2.75) is 0 Å². The fourth-order valence-corrected chi connectivity index (χ4v) is 1.98. The maximum atomic E-state index is 5.06. The number of hydrogen-bond donors (Lipinski definition) is 0. The van der Waals surface area contributed by atoms with Gasteiger partial charge in [0.2, 0.25) is 11.8 Å². The van der Waals surface area contributed by atoms with Crippen molar-refractivity contribution in [2.24, 2.45) is 0 Å². The Kier molecular flexibility index (Phi) is 3.91. The molecule has 110 valence electrons. The topological polar surface area (TPSA) is 70.0 Å². The molecule has 0 unspecified atom stereocenters. The average Bonchev–Trinajstić information content (AvgIpc) is 2.62. The van der Waals surface area contributed by atoms with Gasteiger partial charge in [-0.15, -0.1) is 0 Å². The fourth-order valence-electron chi connectivity index (χ4n) is 1.98. The first-order valence-electron chi connectivity index (χ1n) is 6.63. The molecule has 0 aliphatic heterocycles. The molecular weight excluding hydrogens is 280 g/mol. The van der Waals surface area contributed by atoms with Crippen molar-refractivity contribution >= 4 is 0 Å². The molecule has 0 amide bonds. The smallest absolute Gasteiger partial charge is 0.212 e. The first-order valence-corrected chi connectivity index (χ1v) is 6.63. The van der Waals surface area contributed by atoms with Crippen LogP contribution in [0.2, 0.25) is 0 Å². The molecule has 0 aliphatic rings. The Morgan fingerprint density at radius 2 is 1.18 bits per heavy atom. The van der Waals surface area contributed by atoms with Gasteiger partial charge in [-0.05, 0) is 18.2 Å². The summed E-state index contributed by atoms with van der Waals surface area (Å²) < 4.78 is 10.1. The molecule has 0 N–H and O–H groups in total. The van der Waals surface area contributed by atoms with Gasteiger partial charge in [0.15, 0.2) is 0 Å². The zero-order valence-electron chi connectivity index (χ0n) is 12.2. The Hall–Kier alpha value is -3.02. The van der Waals surface area contributed by atoms with E-state index in [1.54, 1.807) is 38.7 Å². The molecule has 0 atom stereocenters. The van der Waals surface area contributed by atoms with E-state index in [0.717, 1.165) is 22.5 Å². The molecule has 0 saturated heterocycles. The van der Waals surface area contributed by atoms with Crippen LogP contribution in [0.3, 0.4) is 0 Å². The Morgan fingerprint density at radius 3 is 1.55 bits per heavy atom. The molecule has 0 radical (unpaired) electrons. The van der Waals surface area contributed by atoms with Crippen LogP contribution in [0, 0.1) is 0 Å². The van der Waals surface area contributed by atoms with Crippen LogP contribution in [0.25, 0.3) is 22.5 Å². The van der Waals surface area contributed by atoms with Gasteiger partial charge in [0.05, 0.1) is 25.6 Å². The Balaban J connectivity index is 1.93. The summed E-state index contributed by atoms with van der Waals surface area (Å²) in [6.45, 7) is 0. The number of pyridine rings is 2. The zero-order valence-corrected chi connectivity index (χ0v) is 12.2. The molecule has 0 fully saturated rings. The number of hydrogen-bond acceptors (Lipinski definition) is 6.